The number of hydrogen-bond donors (Lipinski definition) is 1. The molecule has 0 spiro atoms. The predicted molar refractivity (Wildman–Crippen MR) is 400 cm³/mol. The molecule has 510 valence electrons. The minimum atomic E-state index is -3.26. The zero-order valence-corrected chi connectivity index (χ0v) is 67.6. The van der Waals surface area contributed by atoms with E-state index in [-0.39, 0.29) is 5.97 Å². The van der Waals surface area contributed by atoms with E-state index in [1.165, 1.54) is 6.92 Å². The molecule has 0 aliphatic heterocycles. The summed E-state index contributed by atoms with van der Waals surface area (Å²) in [5.41, 5.74) is 10.3. The van der Waals surface area contributed by atoms with E-state index in [9.17, 15) is 9.59 Å². The van der Waals surface area contributed by atoms with Gasteiger partial charge in [0.15, 0.2) is 16.6 Å². The number of aromatic hydroxyl groups is 1. The monoisotopic (exact) mass is 1430 g/mol. The molecule has 3 atom stereocenters. The third-order valence-corrected chi connectivity index (χ3v) is 47.4. The largest absolute Gasteiger partial charge is 0.519 e. The smallest absolute Gasteiger partial charge is 0.508 e. The fourth-order valence-electron chi connectivity index (χ4n) is 13.9. The maximum Gasteiger partial charge on any atom is 0.519 e. The lowest BCUT2D eigenvalue weighted by atomic mass is 9.67. The van der Waals surface area contributed by atoms with Crippen LogP contribution in [0.2, 0.25) is 116 Å². The van der Waals surface area contributed by atoms with E-state index in [2.05, 4.69) is 171 Å². The van der Waals surface area contributed by atoms with Gasteiger partial charge in [0, 0.05) is 6.92 Å². The Kier molecular flexibility index (Phi) is 23.7. The van der Waals surface area contributed by atoms with Crippen LogP contribution in [-0.4, -0.2) is 93.8 Å². The molecule has 0 bridgehead atoms. The van der Waals surface area contributed by atoms with Gasteiger partial charge >= 0.3 is 63.5 Å². The topological polar surface area (TPSA) is 156 Å². The van der Waals surface area contributed by atoms with E-state index in [0.717, 1.165) is 73.4 Å². The number of ether oxygens (including phenoxy) is 4. The number of carbonyl (C=O) groups is 2. The lowest BCUT2D eigenvalue weighted by Gasteiger charge is -2.46. The maximum absolute atomic E-state index is 14.3. The number of aryl methyl sites for hydroxylation is 5. The van der Waals surface area contributed by atoms with E-state index in [1.807, 2.05) is 98.8 Å². The first-order valence-electron chi connectivity index (χ1n) is 33.7. The standard InChI is InChI=1S/C73H102O14Si8/c1-55-46-48-61(53-70(55)77-4)73(65-41-25-23-39-63(65)64-40-24-26-42-66(64)73)62-49-47-56(2)71(54-62)80-72(76)79-69-45-29-22-35-60(69)38-31-50-93(17,82-89(8,9)10)84-91(13,14)85-95(19,51-30-36-58-33-20-27-43-67(58)75)87-92(15,16)86-94(18,83-90(11,12)81-88(5,6)7)52-32-37-59-34-21-28-44-68(59)78-57(3)74/h20-29,33-35,39-49,53-54,75H,30-32,36-38,50-52H2,1-19H3/i/hT. The van der Waals surface area contributed by atoms with Gasteiger partial charge in [0.1, 0.15) is 28.7 Å². The van der Waals surface area contributed by atoms with Crippen molar-refractivity contribution in [3.05, 3.63) is 208 Å². The van der Waals surface area contributed by atoms with Gasteiger partial charge in [-0.25, -0.2) is 4.79 Å². The van der Waals surface area contributed by atoms with E-state index in [1.54, 1.807) is 7.11 Å². The molecule has 22 heteroatoms. The van der Waals surface area contributed by atoms with E-state index < -0.39 is 79.6 Å². The van der Waals surface area contributed by atoms with Gasteiger partial charge in [-0.15, -0.1) is 0 Å². The first-order chi connectivity index (χ1) is 45.0. The molecular formula is C73H102O14Si8. The van der Waals surface area contributed by atoms with Crippen LogP contribution < -0.4 is 18.9 Å². The highest BCUT2D eigenvalue weighted by Gasteiger charge is 2.53. The minimum absolute atomic E-state index is 0.363. The lowest BCUT2D eigenvalue weighted by Crippen LogP contribution is -2.63. The Hall–Kier alpha value is -5.66. The van der Waals surface area contributed by atoms with Gasteiger partial charge in [-0.1, -0.05) is 127 Å². The van der Waals surface area contributed by atoms with Crippen LogP contribution in [0.3, 0.4) is 0 Å². The number of phenolic OH excluding ortho intramolecular Hbond substituents is 1. The Bertz CT molecular complexity index is 3790. The van der Waals surface area contributed by atoms with E-state index in [4.69, 9.17) is 54.3 Å². The van der Waals surface area contributed by atoms with Crippen molar-refractivity contribution in [2.45, 2.75) is 181 Å². The maximum atomic E-state index is 14.3. The second-order valence-corrected chi connectivity index (χ2v) is 59.8. The van der Waals surface area contributed by atoms with E-state index >= 15 is 0 Å². The highest BCUT2D eigenvalue weighted by molar-refractivity contribution is 6.93. The zero-order chi connectivity index (χ0) is 70.1. The number of rotatable bonds is 33. The van der Waals surface area contributed by atoms with Crippen molar-refractivity contribution in [2.24, 2.45) is 0 Å². The van der Waals surface area contributed by atoms with Crippen molar-refractivity contribution >= 4 is 80.1 Å². The van der Waals surface area contributed by atoms with Crippen molar-refractivity contribution in [3.8, 4) is 39.9 Å². The number of methoxy groups -OCH3 is 1. The molecule has 1 N–H and O–H groups in total. The second-order valence-electron chi connectivity index (χ2n) is 29.0. The fourth-order valence-corrected chi connectivity index (χ4v) is 54.0. The van der Waals surface area contributed by atoms with Gasteiger partial charge in [0.05, 0.1) is 12.5 Å². The first kappa shape index (κ1) is 73.6. The molecule has 0 aromatic heterocycles. The first-order valence-corrected chi connectivity index (χ1v) is 56.1. The van der Waals surface area contributed by atoms with Crippen LogP contribution in [0, 0.1) is 13.8 Å². The Morgan fingerprint density at radius 2 is 0.789 bits per heavy atom. The molecule has 0 heterocycles. The predicted octanol–water partition coefficient (Wildman–Crippen LogP) is 19.2. The summed E-state index contributed by atoms with van der Waals surface area (Å²) in [7, 11) is -21.0. The van der Waals surface area contributed by atoms with Crippen molar-refractivity contribution in [2.75, 3.05) is 7.11 Å². The van der Waals surface area contributed by atoms with Crippen LogP contribution in [0.4, 0.5) is 4.79 Å². The van der Waals surface area contributed by atoms with Gasteiger partial charge in [0.2, 0.25) is 0 Å². The van der Waals surface area contributed by atoms with Crippen LogP contribution in [0.25, 0.3) is 11.1 Å². The van der Waals surface area contributed by atoms with E-state index in [0.29, 0.717) is 73.2 Å². The van der Waals surface area contributed by atoms with Gasteiger partial charge < -0.3 is 52.9 Å². The second kappa shape index (κ2) is 30.6. The van der Waals surface area contributed by atoms with Crippen molar-refractivity contribution in [3.63, 3.8) is 0 Å². The normalized spacial score (nSPS) is 15.3. The number of para-hydroxylation sites is 3. The summed E-state index contributed by atoms with van der Waals surface area (Å²) in [6.07, 6.45) is 3.14. The van der Waals surface area contributed by atoms with Crippen LogP contribution in [-0.2, 0) is 58.3 Å². The quantitative estimate of drug-likeness (QED) is 0.0179. The SMILES string of the molecule is [3H]Oc1ccccc1CCC[Si](C)(O[Si](C)(C)O[Si](C)(CCCc1ccccc1OC(=O)Oc1cc(C2(c3ccc(C)c(OC)c3)c3ccccc3-c3ccccc32)ccc1C)O[Si](C)(C)C)O[Si](C)(C)O[Si](C)(CCCc1ccccc1OC(C)=O)O[Si](C)(C)O[Si](C)(C)C. The molecule has 1 aliphatic carbocycles. The van der Waals surface area contributed by atoms with Crippen molar-refractivity contribution < 1.29 is 62.5 Å². The molecule has 0 fully saturated rings. The average Bonchev–Trinajstić information content (AvgIpc) is 1.53. The van der Waals surface area contributed by atoms with Crippen LogP contribution in [0.5, 0.6) is 28.7 Å². The highest BCUT2D eigenvalue weighted by atomic mass is 28.5. The average molecular weight is 1430 g/mol. The molecule has 1 aliphatic rings. The van der Waals surface area contributed by atoms with Gasteiger partial charge in [-0.2, -0.15) is 0 Å². The molecule has 7 aromatic carbocycles. The van der Waals surface area contributed by atoms with Crippen molar-refractivity contribution in [1.29, 1.82) is 1.43 Å². The van der Waals surface area contributed by atoms with Gasteiger partial charge in [-0.05, 0) is 260 Å². The third kappa shape index (κ3) is 20.2. The minimum Gasteiger partial charge on any atom is -0.508 e. The fraction of sp³-hybridized carbons (Fsp3) is 0.397. The molecule has 95 heavy (non-hydrogen) atoms. The van der Waals surface area contributed by atoms with Gasteiger partial charge in [0.25, 0.3) is 1.43 Å². The molecule has 7 aromatic rings. The summed E-state index contributed by atoms with van der Waals surface area (Å²) in [6, 6.07) is 54.4. The van der Waals surface area contributed by atoms with Gasteiger partial charge in [-0.3, -0.25) is 4.79 Å². The summed E-state index contributed by atoms with van der Waals surface area (Å²) in [5, 5.41) is 5.06. The van der Waals surface area contributed by atoms with Crippen LogP contribution in [0.1, 0.15) is 76.3 Å². The zero-order valence-electron chi connectivity index (χ0n) is 60.6. The Labute approximate surface area is 576 Å². The Balaban J connectivity index is 1.01. The summed E-state index contributed by atoms with van der Waals surface area (Å²) in [5.74, 6) is 2.31. The number of carbonyl (C=O) groups excluding carboxylic acids is 2. The molecule has 0 radical (unpaired) electrons. The Morgan fingerprint density at radius 3 is 1.24 bits per heavy atom. The number of hydrogen-bond acceptors (Lipinski definition) is 14. The number of fused-ring (bicyclic) bond motifs is 3. The molecule has 3 unspecified atom stereocenters. The molecule has 14 nitrogen and oxygen atoms in total. The molecular weight excluding hydrogens is 1330 g/mol. The molecule has 0 saturated heterocycles. The number of esters is 1. The number of phenols is 1. The highest BCUT2D eigenvalue weighted by Crippen LogP contribution is 2.57. The Morgan fingerprint density at radius 1 is 0.421 bits per heavy atom. The van der Waals surface area contributed by atoms with Crippen LogP contribution in [0.15, 0.2) is 158 Å². The molecule has 8 rings (SSSR count). The lowest BCUT2D eigenvalue weighted by molar-refractivity contribution is -0.131. The summed E-state index contributed by atoms with van der Waals surface area (Å²) in [4.78, 5) is 26.3. The molecule has 0 amide bonds. The third-order valence-electron chi connectivity index (χ3n) is 16.6. The number of benzene rings is 7. The summed E-state index contributed by atoms with van der Waals surface area (Å²) < 4.78 is 83.2. The van der Waals surface area contributed by atoms with Crippen molar-refractivity contribution in [1.82, 2.24) is 0 Å². The molecule has 0 saturated carbocycles. The van der Waals surface area contributed by atoms with Crippen LogP contribution >= 0.6 is 0 Å². The summed E-state index contributed by atoms with van der Waals surface area (Å²) in [6.45, 7) is 37.6. The summed E-state index contributed by atoms with van der Waals surface area (Å²) >= 11 is 0.